The van der Waals surface area contributed by atoms with Gasteiger partial charge in [-0.3, -0.25) is 4.79 Å². The van der Waals surface area contributed by atoms with Crippen LogP contribution < -0.4 is 0 Å². The fraction of sp³-hybridized carbons (Fsp3) is 0.950. The first kappa shape index (κ1) is 15.0. The van der Waals surface area contributed by atoms with Crippen molar-refractivity contribution in [1.82, 2.24) is 0 Å². The van der Waals surface area contributed by atoms with E-state index in [-0.39, 0.29) is 11.9 Å². The van der Waals surface area contributed by atoms with E-state index in [0.29, 0.717) is 28.8 Å². The van der Waals surface area contributed by atoms with Crippen molar-refractivity contribution < 1.29 is 9.53 Å². The molecule has 0 bridgehead atoms. The van der Waals surface area contributed by atoms with E-state index in [4.69, 9.17) is 4.74 Å². The predicted octanol–water partition coefficient (Wildman–Crippen LogP) is 4.82. The molecule has 1 saturated heterocycles. The van der Waals surface area contributed by atoms with Gasteiger partial charge in [-0.1, -0.05) is 34.1 Å². The molecule has 3 aliphatic carbocycles. The average Bonchev–Trinajstić information content (AvgIpc) is 2.80. The molecular weight excluding hydrogens is 272 g/mol. The molecule has 0 N–H and O–H groups in total. The first-order valence-corrected chi connectivity index (χ1v) is 9.46. The molecule has 0 radical (unpaired) electrons. The molecule has 2 heteroatoms. The van der Waals surface area contributed by atoms with E-state index in [0.717, 1.165) is 18.3 Å². The van der Waals surface area contributed by atoms with Gasteiger partial charge in [-0.05, 0) is 66.6 Å². The van der Waals surface area contributed by atoms with Crippen LogP contribution >= 0.6 is 0 Å². The molecule has 0 aromatic heterocycles. The summed E-state index contributed by atoms with van der Waals surface area (Å²) >= 11 is 0. The van der Waals surface area contributed by atoms with E-state index in [1.807, 2.05) is 0 Å². The number of fused-ring (bicyclic) bond motifs is 5. The monoisotopic (exact) mass is 304 g/mol. The highest BCUT2D eigenvalue weighted by Gasteiger charge is 2.64. The van der Waals surface area contributed by atoms with Gasteiger partial charge in [0.2, 0.25) is 0 Å². The smallest absolute Gasteiger partial charge is 0.309 e. The summed E-state index contributed by atoms with van der Waals surface area (Å²) in [5, 5.41) is 0. The van der Waals surface area contributed by atoms with E-state index in [2.05, 4.69) is 27.7 Å². The summed E-state index contributed by atoms with van der Waals surface area (Å²) < 4.78 is 5.49. The maximum Gasteiger partial charge on any atom is 0.309 e. The zero-order valence-electron chi connectivity index (χ0n) is 14.8. The van der Waals surface area contributed by atoms with Crippen molar-refractivity contribution >= 4 is 5.97 Å². The van der Waals surface area contributed by atoms with Gasteiger partial charge in [0, 0.05) is 5.92 Å². The van der Waals surface area contributed by atoms with Crippen molar-refractivity contribution in [2.75, 3.05) is 6.61 Å². The third-order valence-electron chi connectivity index (χ3n) is 8.65. The van der Waals surface area contributed by atoms with Gasteiger partial charge in [0.1, 0.15) is 0 Å². The zero-order valence-corrected chi connectivity index (χ0v) is 14.8. The Morgan fingerprint density at radius 3 is 2.45 bits per heavy atom. The third-order valence-corrected chi connectivity index (χ3v) is 8.65. The van der Waals surface area contributed by atoms with Gasteiger partial charge in [-0.15, -0.1) is 0 Å². The molecule has 0 aromatic carbocycles. The van der Waals surface area contributed by atoms with Crippen molar-refractivity contribution in [1.29, 1.82) is 0 Å². The van der Waals surface area contributed by atoms with Crippen LogP contribution in [0.4, 0.5) is 0 Å². The van der Waals surface area contributed by atoms with Crippen LogP contribution in [0, 0.1) is 39.9 Å². The number of esters is 1. The third kappa shape index (κ3) is 1.76. The van der Waals surface area contributed by atoms with Gasteiger partial charge in [0.15, 0.2) is 0 Å². The Bertz CT molecular complexity index is 496. The molecule has 0 spiro atoms. The number of hydrogen-bond donors (Lipinski definition) is 0. The summed E-state index contributed by atoms with van der Waals surface area (Å²) in [6.45, 7) is 10.8. The molecule has 4 fully saturated rings. The Balaban J connectivity index is 1.72. The topological polar surface area (TPSA) is 26.3 Å². The molecule has 1 aliphatic heterocycles. The number of cyclic esters (lactones) is 1. The first-order valence-electron chi connectivity index (χ1n) is 9.46. The van der Waals surface area contributed by atoms with Crippen molar-refractivity contribution in [3.63, 3.8) is 0 Å². The van der Waals surface area contributed by atoms with Crippen molar-refractivity contribution in [3.8, 4) is 0 Å². The highest BCUT2D eigenvalue weighted by atomic mass is 16.5. The second kappa shape index (κ2) is 4.51. The lowest BCUT2D eigenvalue weighted by atomic mass is 9.39. The Labute approximate surface area is 135 Å². The first-order chi connectivity index (χ1) is 10.3. The van der Waals surface area contributed by atoms with Crippen LogP contribution in [0.1, 0.15) is 72.6 Å². The van der Waals surface area contributed by atoms with Crippen LogP contribution in [0.5, 0.6) is 0 Å². The summed E-state index contributed by atoms with van der Waals surface area (Å²) in [6.07, 6.45) is 9.16. The second-order valence-electron chi connectivity index (χ2n) is 9.92. The maximum absolute atomic E-state index is 12.1. The number of carbonyl (C=O) groups is 1. The minimum atomic E-state index is 0.0981. The van der Waals surface area contributed by atoms with Gasteiger partial charge >= 0.3 is 5.97 Å². The maximum atomic E-state index is 12.1. The van der Waals surface area contributed by atoms with E-state index >= 15 is 0 Å². The van der Waals surface area contributed by atoms with Gasteiger partial charge in [-0.25, -0.2) is 0 Å². The minimum Gasteiger partial charge on any atom is -0.465 e. The molecule has 6 atom stereocenters. The average molecular weight is 304 g/mol. The minimum absolute atomic E-state index is 0.0981. The zero-order chi connectivity index (χ0) is 15.8. The number of hydrogen-bond acceptors (Lipinski definition) is 2. The van der Waals surface area contributed by atoms with Crippen LogP contribution in [-0.4, -0.2) is 12.6 Å². The van der Waals surface area contributed by atoms with Crippen molar-refractivity contribution in [2.45, 2.75) is 72.6 Å². The molecule has 3 saturated carbocycles. The Kier molecular flexibility index (Phi) is 3.08. The van der Waals surface area contributed by atoms with E-state index in [1.54, 1.807) is 0 Å². The fourth-order valence-corrected chi connectivity index (χ4v) is 7.66. The molecule has 1 heterocycles. The summed E-state index contributed by atoms with van der Waals surface area (Å²) in [5.41, 5.74) is 1.30. The quantitative estimate of drug-likeness (QED) is 0.600. The standard InChI is InChI=1S/C20H32O2/c1-18(2)9-5-10-20(4)15(18)8-11-19(3)14-12-22-17(21)13(14)6-7-16(19)20/h13-16H,5-12H2,1-4H3/t13-,14-,15+,16+,19+,20+/m0/s1. The lowest BCUT2D eigenvalue weighted by Gasteiger charge is -2.65. The van der Waals surface area contributed by atoms with Crippen molar-refractivity contribution in [3.05, 3.63) is 0 Å². The summed E-state index contributed by atoms with van der Waals surface area (Å²) in [4.78, 5) is 12.1. The van der Waals surface area contributed by atoms with E-state index < -0.39 is 0 Å². The molecule has 0 aromatic rings. The Hall–Kier alpha value is -0.530. The molecule has 0 unspecified atom stereocenters. The largest absolute Gasteiger partial charge is 0.465 e. The molecule has 4 rings (SSSR count). The number of ether oxygens (including phenoxy) is 1. The fourth-order valence-electron chi connectivity index (χ4n) is 7.66. The normalized spacial score (nSPS) is 53.2. The number of carbonyl (C=O) groups excluding carboxylic acids is 1. The SMILES string of the molecule is CC1(C)CCC[C@@]2(C)[C@@H]3CC[C@@H]4C(=O)OC[C@@H]4[C@@]3(C)CC[C@H]12. The van der Waals surface area contributed by atoms with Crippen LogP contribution in [0.25, 0.3) is 0 Å². The van der Waals surface area contributed by atoms with Gasteiger partial charge in [-0.2, -0.15) is 0 Å². The van der Waals surface area contributed by atoms with E-state index in [9.17, 15) is 4.79 Å². The highest BCUT2D eigenvalue weighted by molar-refractivity contribution is 5.75. The summed E-state index contributed by atoms with van der Waals surface area (Å²) in [7, 11) is 0. The second-order valence-corrected chi connectivity index (χ2v) is 9.92. The molecule has 124 valence electrons. The van der Waals surface area contributed by atoms with Crippen LogP contribution in [0.3, 0.4) is 0 Å². The molecular formula is C20H32O2. The highest BCUT2D eigenvalue weighted by Crippen LogP contribution is 2.69. The Morgan fingerprint density at radius 2 is 1.68 bits per heavy atom. The van der Waals surface area contributed by atoms with Crippen molar-refractivity contribution in [2.24, 2.45) is 39.9 Å². The molecule has 2 nitrogen and oxygen atoms in total. The van der Waals surface area contributed by atoms with Gasteiger partial charge < -0.3 is 4.74 Å². The Morgan fingerprint density at radius 1 is 0.909 bits per heavy atom. The predicted molar refractivity (Wildman–Crippen MR) is 87.2 cm³/mol. The molecule has 22 heavy (non-hydrogen) atoms. The molecule has 4 aliphatic rings. The lowest BCUT2D eigenvalue weighted by molar-refractivity contribution is -0.170. The van der Waals surface area contributed by atoms with Gasteiger partial charge in [0.05, 0.1) is 12.5 Å². The van der Waals surface area contributed by atoms with Crippen LogP contribution in [-0.2, 0) is 9.53 Å². The van der Waals surface area contributed by atoms with Gasteiger partial charge in [0.25, 0.3) is 0 Å². The van der Waals surface area contributed by atoms with Crippen LogP contribution in [0.15, 0.2) is 0 Å². The van der Waals surface area contributed by atoms with E-state index in [1.165, 1.54) is 38.5 Å². The van der Waals surface area contributed by atoms with Crippen LogP contribution in [0.2, 0.25) is 0 Å². The lowest BCUT2D eigenvalue weighted by Crippen LogP contribution is -2.59. The summed E-state index contributed by atoms with van der Waals surface area (Å²) in [6, 6.07) is 0. The summed E-state index contributed by atoms with van der Waals surface area (Å²) in [5.74, 6) is 2.44. The molecule has 0 amide bonds. The number of rotatable bonds is 0.